The van der Waals surface area contributed by atoms with Crippen LogP contribution in [0.2, 0.25) is 0 Å². The van der Waals surface area contributed by atoms with E-state index >= 15 is 0 Å². The second-order valence-corrected chi connectivity index (χ2v) is 6.17. The number of hydrogen-bond acceptors (Lipinski definition) is 3. The third-order valence-electron chi connectivity index (χ3n) is 4.64. The van der Waals surface area contributed by atoms with Crippen molar-refractivity contribution >= 4 is 11.4 Å². The maximum atomic E-state index is 11.8. The average molecular weight is 352 g/mol. The number of rotatable bonds is 3. The van der Waals surface area contributed by atoms with E-state index in [9.17, 15) is 4.79 Å². The van der Waals surface area contributed by atoms with Crippen LogP contribution in [0, 0.1) is 6.92 Å². The topological polar surface area (TPSA) is 79.0 Å². The Morgan fingerprint density at radius 2 is 1.58 bits per heavy atom. The lowest BCUT2D eigenvalue weighted by Crippen LogP contribution is -2.20. The molecule has 138 valence electrons. The van der Waals surface area contributed by atoms with Crippen LogP contribution in [0.1, 0.15) is 30.7 Å². The van der Waals surface area contributed by atoms with Crippen LogP contribution in [-0.4, -0.2) is 9.36 Å². The summed E-state index contributed by atoms with van der Waals surface area (Å²) < 4.78 is 3.32. The molecule has 0 fully saturated rings. The van der Waals surface area contributed by atoms with E-state index in [1.54, 1.807) is 9.36 Å². The average Bonchev–Trinajstić information content (AvgIpc) is 2.85. The van der Waals surface area contributed by atoms with Gasteiger partial charge in [-0.25, -0.2) is 4.68 Å². The van der Waals surface area contributed by atoms with Crippen LogP contribution in [0.25, 0.3) is 5.69 Å². The number of anilines is 2. The summed E-state index contributed by atoms with van der Waals surface area (Å²) in [5, 5.41) is 0. The van der Waals surface area contributed by atoms with Crippen molar-refractivity contribution in [3.8, 4) is 5.69 Å². The molecule has 2 aromatic carbocycles. The van der Waals surface area contributed by atoms with Gasteiger partial charge in [0.05, 0.1) is 11.4 Å². The number of nitrogens with two attached hydrogens (primary N) is 2. The minimum Gasteiger partial charge on any atom is -0.398 e. The van der Waals surface area contributed by atoms with Gasteiger partial charge in [-0.2, -0.15) is 0 Å². The number of nitrogen functional groups attached to an aromatic ring is 2. The molecule has 5 heteroatoms. The van der Waals surface area contributed by atoms with E-state index < -0.39 is 0 Å². The summed E-state index contributed by atoms with van der Waals surface area (Å²) in [5.41, 5.74) is 16.9. The van der Waals surface area contributed by atoms with Gasteiger partial charge in [0.2, 0.25) is 0 Å². The van der Waals surface area contributed by atoms with Crippen molar-refractivity contribution in [3.05, 3.63) is 75.7 Å². The highest BCUT2D eigenvalue weighted by Crippen LogP contribution is 2.17. The molecular formula is C21H28N4O. The van der Waals surface area contributed by atoms with Gasteiger partial charge >= 0.3 is 0 Å². The van der Waals surface area contributed by atoms with Crippen molar-refractivity contribution in [2.24, 2.45) is 7.05 Å². The quantitative estimate of drug-likeness (QED) is 0.709. The number of aromatic nitrogens is 2. The number of nitrogens with zero attached hydrogens (tertiary/aromatic N) is 2. The van der Waals surface area contributed by atoms with Crippen molar-refractivity contribution in [2.45, 2.75) is 33.6 Å². The van der Waals surface area contributed by atoms with Gasteiger partial charge in [-0.05, 0) is 49.1 Å². The summed E-state index contributed by atoms with van der Waals surface area (Å²) in [7, 11) is 1.82. The Morgan fingerprint density at radius 1 is 0.923 bits per heavy atom. The first-order valence-corrected chi connectivity index (χ1v) is 8.88. The Morgan fingerprint density at radius 3 is 2.04 bits per heavy atom. The molecule has 26 heavy (non-hydrogen) atoms. The fourth-order valence-corrected chi connectivity index (χ4v) is 3.01. The predicted octanol–water partition coefficient (Wildman–Crippen LogP) is 3.46. The van der Waals surface area contributed by atoms with Crippen molar-refractivity contribution in [1.82, 2.24) is 9.36 Å². The highest BCUT2D eigenvalue weighted by atomic mass is 16.1. The molecule has 0 spiro atoms. The molecule has 0 aliphatic heterocycles. The van der Waals surface area contributed by atoms with Crippen molar-refractivity contribution in [2.75, 3.05) is 11.5 Å². The molecular weight excluding hydrogens is 324 g/mol. The van der Waals surface area contributed by atoms with Crippen molar-refractivity contribution < 1.29 is 0 Å². The molecule has 5 nitrogen and oxygen atoms in total. The van der Waals surface area contributed by atoms with Gasteiger partial charge in [-0.1, -0.05) is 44.2 Å². The van der Waals surface area contributed by atoms with Gasteiger partial charge in [0.25, 0.3) is 5.56 Å². The summed E-state index contributed by atoms with van der Waals surface area (Å²) in [4.78, 5) is 11.8. The Hall–Kier alpha value is -2.95. The molecule has 0 unspecified atom stereocenters. The standard InChI is InChI=1S/C11H13N3O.C10H15N/c1-8-10(12)11(15)14(13(8)2)9-6-4-3-5-7-9;1-3-8-6-5-7-10(11)9(8)4-2/h3-7H,12H2,1-2H3;5-7H,3-4,11H2,1-2H3. The fourth-order valence-electron chi connectivity index (χ4n) is 3.01. The maximum Gasteiger partial charge on any atom is 0.294 e. The molecule has 0 radical (unpaired) electrons. The minimum atomic E-state index is -0.166. The second-order valence-electron chi connectivity index (χ2n) is 6.17. The first kappa shape index (κ1) is 19.4. The summed E-state index contributed by atoms with van der Waals surface area (Å²) in [6.45, 7) is 6.13. The second kappa shape index (κ2) is 8.43. The lowest BCUT2D eigenvalue weighted by atomic mass is 10.0. The highest BCUT2D eigenvalue weighted by molar-refractivity contribution is 5.50. The van der Waals surface area contributed by atoms with E-state index in [1.165, 1.54) is 11.1 Å². The van der Waals surface area contributed by atoms with Gasteiger partial charge in [0.1, 0.15) is 5.69 Å². The van der Waals surface area contributed by atoms with Gasteiger partial charge in [-0.15, -0.1) is 0 Å². The first-order valence-electron chi connectivity index (χ1n) is 8.88. The van der Waals surface area contributed by atoms with E-state index in [0.717, 1.165) is 29.9 Å². The summed E-state index contributed by atoms with van der Waals surface area (Å²) in [6, 6.07) is 15.6. The first-order chi connectivity index (χ1) is 12.4. The minimum absolute atomic E-state index is 0.166. The smallest absolute Gasteiger partial charge is 0.294 e. The molecule has 0 saturated carbocycles. The SMILES string of the molecule is CCc1cccc(N)c1CC.Cc1c(N)c(=O)n(-c2ccccc2)n1C. The van der Waals surface area contributed by atoms with Gasteiger partial charge in [0.15, 0.2) is 0 Å². The van der Waals surface area contributed by atoms with Gasteiger partial charge in [0, 0.05) is 12.7 Å². The summed E-state index contributed by atoms with van der Waals surface area (Å²) in [6.07, 6.45) is 2.12. The number of benzene rings is 2. The third-order valence-corrected chi connectivity index (χ3v) is 4.64. The molecule has 3 aromatic rings. The molecule has 1 heterocycles. The van der Waals surface area contributed by atoms with Gasteiger partial charge in [-0.3, -0.25) is 9.48 Å². The Labute approximate surface area is 154 Å². The fraction of sp³-hybridized carbons (Fsp3) is 0.286. The van der Waals surface area contributed by atoms with Crippen LogP contribution in [0.5, 0.6) is 0 Å². The zero-order chi connectivity index (χ0) is 19.3. The van der Waals surface area contributed by atoms with Crippen LogP contribution < -0.4 is 17.0 Å². The molecule has 1 aromatic heterocycles. The van der Waals surface area contributed by atoms with Crippen LogP contribution in [0.3, 0.4) is 0 Å². The summed E-state index contributed by atoms with van der Waals surface area (Å²) >= 11 is 0. The maximum absolute atomic E-state index is 11.8. The molecule has 0 atom stereocenters. The normalized spacial score (nSPS) is 10.3. The van der Waals surface area contributed by atoms with Gasteiger partial charge < -0.3 is 11.5 Å². The van der Waals surface area contributed by atoms with Crippen molar-refractivity contribution in [3.63, 3.8) is 0 Å². The third kappa shape index (κ3) is 3.82. The van der Waals surface area contributed by atoms with Crippen LogP contribution in [0.15, 0.2) is 53.3 Å². The van der Waals surface area contributed by atoms with E-state index in [-0.39, 0.29) is 5.56 Å². The molecule has 0 aliphatic rings. The molecule has 0 saturated heterocycles. The van der Waals surface area contributed by atoms with Crippen molar-refractivity contribution in [1.29, 1.82) is 0 Å². The van der Waals surface area contributed by atoms with E-state index in [1.807, 2.05) is 56.4 Å². The molecule has 0 aliphatic carbocycles. The Kier molecular flexibility index (Phi) is 6.28. The highest BCUT2D eigenvalue weighted by Gasteiger charge is 2.12. The van der Waals surface area contributed by atoms with Crippen LogP contribution in [-0.2, 0) is 19.9 Å². The molecule has 4 N–H and O–H groups in total. The molecule has 0 bridgehead atoms. The predicted molar refractivity (Wildman–Crippen MR) is 110 cm³/mol. The molecule has 3 rings (SSSR count). The largest absolute Gasteiger partial charge is 0.398 e. The lowest BCUT2D eigenvalue weighted by Gasteiger charge is -2.07. The lowest BCUT2D eigenvalue weighted by molar-refractivity contribution is 0.630. The zero-order valence-electron chi connectivity index (χ0n) is 16.0. The van der Waals surface area contributed by atoms with E-state index in [0.29, 0.717) is 5.69 Å². The zero-order valence-corrected chi connectivity index (χ0v) is 16.0. The monoisotopic (exact) mass is 352 g/mol. The Bertz CT molecular complexity index is 923. The van der Waals surface area contributed by atoms with E-state index in [2.05, 4.69) is 19.9 Å². The summed E-state index contributed by atoms with van der Waals surface area (Å²) in [5.74, 6) is 0. The van der Waals surface area contributed by atoms with Crippen LogP contribution >= 0.6 is 0 Å². The molecule has 0 amide bonds. The van der Waals surface area contributed by atoms with Crippen LogP contribution in [0.4, 0.5) is 11.4 Å². The number of hydrogen-bond donors (Lipinski definition) is 2. The number of para-hydroxylation sites is 1. The van der Waals surface area contributed by atoms with E-state index in [4.69, 9.17) is 11.5 Å². The Balaban J connectivity index is 0.000000197. The number of aryl methyl sites for hydroxylation is 1.